The van der Waals surface area contributed by atoms with Crippen molar-refractivity contribution in [2.24, 2.45) is 0 Å². The first-order valence-electron chi connectivity index (χ1n) is 6.48. The molecule has 0 fully saturated rings. The fourth-order valence-electron chi connectivity index (χ4n) is 1.38. The van der Waals surface area contributed by atoms with Gasteiger partial charge >= 0.3 is 0 Å². The molecule has 0 amide bonds. The van der Waals surface area contributed by atoms with Crippen LogP contribution in [0.2, 0.25) is 0 Å². The number of hydrogen-bond donors (Lipinski definition) is 0. The Kier molecular flexibility index (Phi) is 12.9. The van der Waals surface area contributed by atoms with E-state index in [1.165, 1.54) is 24.1 Å². The molecule has 0 atom stereocenters. The van der Waals surface area contributed by atoms with Crippen LogP contribution < -0.4 is 0 Å². The Labute approximate surface area is 123 Å². The highest BCUT2D eigenvalue weighted by Crippen LogP contribution is 2.00. The van der Waals surface area contributed by atoms with E-state index < -0.39 is 9.84 Å². The number of hydrogen-bond acceptors (Lipinski definition) is 3. The van der Waals surface area contributed by atoms with Gasteiger partial charge in [-0.05, 0) is 20.3 Å². The van der Waals surface area contributed by atoms with E-state index in [-0.39, 0.29) is 11.5 Å². The quantitative estimate of drug-likeness (QED) is 0.793. The molecule has 4 heteroatoms. The van der Waals surface area contributed by atoms with Crippen LogP contribution in [0.5, 0.6) is 0 Å². The molecule has 1 aromatic carbocycles. The first kappa shape index (κ1) is 20.7. The van der Waals surface area contributed by atoms with E-state index in [1.807, 2.05) is 6.92 Å². The predicted octanol–water partition coefficient (Wildman–Crippen LogP) is 3.83. The second kappa shape index (κ2) is 12.4. The highest BCUT2D eigenvalue weighted by molar-refractivity contribution is 7.91. The van der Waals surface area contributed by atoms with Crippen molar-refractivity contribution in [1.82, 2.24) is 0 Å². The Morgan fingerprint density at radius 3 is 2.00 bits per heavy atom. The summed E-state index contributed by atoms with van der Waals surface area (Å²) in [6.45, 7) is 10.8. The summed E-state index contributed by atoms with van der Waals surface area (Å²) in [4.78, 5) is 0. The smallest absolute Gasteiger partial charge is 0.153 e. The SMILES string of the molecule is C=CCS(=O)(=O)CCC.CC#N.Cc1cccc(C)c1. The number of aryl methyl sites for hydroxylation is 2. The maximum atomic E-state index is 10.8. The normalized spacial score (nSPS) is 9.15. The van der Waals surface area contributed by atoms with Gasteiger partial charge in [-0.15, -0.1) is 6.58 Å². The van der Waals surface area contributed by atoms with Gasteiger partial charge in [0.25, 0.3) is 0 Å². The lowest BCUT2D eigenvalue weighted by Gasteiger charge is -1.94. The average Bonchev–Trinajstić information content (AvgIpc) is 2.30. The highest BCUT2D eigenvalue weighted by atomic mass is 32.2. The predicted molar refractivity (Wildman–Crippen MR) is 86.3 cm³/mol. The van der Waals surface area contributed by atoms with Crippen LogP contribution in [0, 0.1) is 25.2 Å². The maximum Gasteiger partial charge on any atom is 0.153 e. The standard InChI is InChI=1S/C8H10.C6H12O2S.C2H3N/c1-7-4-3-5-8(2)6-7;1-3-5-9(7,8)6-4-2;1-2-3/h3-6H,1-2H3;3H,1,4-6H2,2H3;1H3. The van der Waals surface area contributed by atoms with Gasteiger partial charge in [0.1, 0.15) is 0 Å². The molecule has 0 aliphatic carbocycles. The van der Waals surface area contributed by atoms with E-state index in [1.54, 1.807) is 6.07 Å². The Balaban J connectivity index is 0. The highest BCUT2D eigenvalue weighted by Gasteiger charge is 2.04. The molecule has 112 valence electrons. The molecule has 1 aromatic rings. The molecule has 0 bridgehead atoms. The van der Waals surface area contributed by atoms with Crippen molar-refractivity contribution < 1.29 is 8.42 Å². The molecule has 3 nitrogen and oxygen atoms in total. The van der Waals surface area contributed by atoms with E-state index in [2.05, 4.69) is 44.7 Å². The molecular formula is C16H25NO2S. The molecule has 0 heterocycles. The minimum Gasteiger partial charge on any atom is -0.229 e. The Bertz CT molecular complexity index is 496. The number of benzene rings is 1. The summed E-state index contributed by atoms with van der Waals surface area (Å²) in [5, 5.41) is 7.32. The summed E-state index contributed by atoms with van der Waals surface area (Å²) in [5.74, 6) is 0.389. The molecular weight excluding hydrogens is 270 g/mol. The molecule has 0 spiro atoms. The van der Waals surface area contributed by atoms with Crippen molar-refractivity contribution in [2.75, 3.05) is 11.5 Å². The summed E-state index contributed by atoms with van der Waals surface area (Å²) in [6.07, 6.45) is 2.11. The van der Waals surface area contributed by atoms with Crippen LogP contribution in [0.15, 0.2) is 36.9 Å². The first-order chi connectivity index (χ1) is 9.32. The van der Waals surface area contributed by atoms with Gasteiger partial charge in [0.2, 0.25) is 0 Å². The summed E-state index contributed by atoms with van der Waals surface area (Å²) < 4.78 is 21.5. The Morgan fingerprint density at radius 2 is 1.75 bits per heavy atom. The third kappa shape index (κ3) is 14.5. The van der Waals surface area contributed by atoms with Crippen LogP contribution in [-0.4, -0.2) is 19.9 Å². The monoisotopic (exact) mass is 295 g/mol. The van der Waals surface area contributed by atoms with Crippen molar-refractivity contribution in [3.8, 4) is 6.07 Å². The van der Waals surface area contributed by atoms with Crippen LogP contribution in [0.4, 0.5) is 0 Å². The zero-order valence-corrected chi connectivity index (χ0v) is 13.7. The van der Waals surface area contributed by atoms with Crippen LogP contribution in [0.1, 0.15) is 31.4 Å². The van der Waals surface area contributed by atoms with Crippen LogP contribution in [0.3, 0.4) is 0 Å². The zero-order valence-electron chi connectivity index (χ0n) is 12.9. The number of rotatable bonds is 4. The molecule has 20 heavy (non-hydrogen) atoms. The summed E-state index contributed by atoms with van der Waals surface area (Å²) >= 11 is 0. The van der Waals surface area contributed by atoms with Crippen molar-refractivity contribution >= 4 is 9.84 Å². The van der Waals surface area contributed by atoms with Gasteiger partial charge in [0.05, 0.1) is 17.6 Å². The van der Waals surface area contributed by atoms with Gasteiger partial charge in [-0.25, -0.2) is 8.42 Å². The fourth-order valence-corrected chi connectivity index (χ4v) is 2.53. The summed E-state index contributed by atoms with van der Waals surface area (Å²) in [5.41, 5.74) is 2.68. The van der Waals surface area contributed by atoms with E-state index in [0.717, 1.165) is 0 Å². The van der Waals surface area contributed by atoms with Gasteiger partial charge in [-0.3, -0.25) is 0 Å². The van der Waals surface area contributed by atoms with Crippen LogP contribution in [-0.2, 0) is 9.84 Å². The zero-order chi connectivity index (χ0) is 16.0. The van der Waals surface area contributed by atoms with Gasteiger partial charge in [0.15, 0.2) is 9.84 Å². The third-order valence-electron chi connectivity index (χ3n) is 2.06. The fraction of sp³-hybridized carbons (Fsp3) is 0.438. The van der Waals surface area contributed by atoms with Crippen molar-refractivity contribution in [1.29, 1.82) is 5.26 Å². The molecule has 0 aromatic heterocycles. The minimum absolute atomic E-state index is 0.112. The number of sulfone groups is 1. The maximum absolute atomic E-state index is 10.8. The Hall–Kier alpha value is -1.60. The lowest BCUT2D eigenvalue weighted by atomic mass is 10.2. The van der Waals surface area contributed by atoms with Crippen molar-refractivity contribution in [2.45, 2.75) is 34.1 Å². The molecule has 0 saturated heterocycles. The van der Waals surface area contributed by atoms with Crippen molar-refractivity contribution in [3.05, 3.63) is 48.0 Å². The molecule has 0 radical (unpaired) electrons. The average molecular weight is 295 g/mol. The summed E-state index contributed by atoms with van der Waals surface area (Å²) in [7, 11) is -2.80. The molecule has 1 rings (SSSR count). The molecule has 0 saturated carbocycles. The van der Waals surface area contributed by atoms with Gasteiger partial charge in [0, 0.05) is 6.92 Å². The van der Waals surface area contributed by atoms with Gasteiger partial charge in [-0.2, -0.15) is 5.26 Å². The largest absolute Gasteiger partial charge is 0.229 e. The lowest BCUT2D eigenvalue weighted by molar-refractivity contribution is 0.597. The molecule has 0 unspecified atom stereocenters. The molecule has 0 N–H and O–H groups in total. The van der Waals surface area contributed by atoms with E-state index in [9.17, 15) is 8.42 Å². The topological polar surface area (TPSA) is 57.9 Å². The second-order valence-electron chi connectivity index (χ2n) is 4.28. The van der Waals surface area contributed by atoms with Crippen molar-refractivity contribution in [3.63, 3.8) is 0 Å². The number of nitriles is 1. The van der Waals surface area contributed by atoms with E-state index in [4.69, 9.17) is 5.26 Å². The second-order valence-corrected chi connectivity index (χ2v) is 6.51. The van der Waals surface area contributed by atoms with Gasteiger partial charge < -0.3 is 0 Å². The lowest BCUT2D eigenvalue weighted by Crippen LogP contribution is -2.07. The third-order valence-corrected chi connectivity index (χ3v) is 3.83. The van der Waals surface area contributed by atoms with E-state index >= 15 is 0 Å². The minimum atomic E-state index is -2.80. The van der Waals surface area contributed by atoms with Crippen LogP contribution >= 0.6 is 0 Å². The first-order valence-corrected chi connectivity index (χ1v) is 8.30. The van der Waals surface area contributed by atoms with E-state index in [0.29, 0.717) is 6.42 Å². The summed E-state index contributed by atoms with van der Waals surface area (Å²) in [6, 6.07) is 10.2. The molecule has 0 aliphatic rings. The Morgan fingerprint density at radius 1 is 1.30 bits per heavy atom. The van der Waals surface area contributed by atoms with Gasteiger partial charge in [-0.1, -0.05) is 48.4 Å². The molecule has 0 aliphatic heterocycles. The number of nitrogens with zero attached hydrogens (tertiary/aromatic N) is 1. The van der Waals surface area contributed by atoms with Crippen LogP contribution in [0.25, 0.3) is 0 Å².